The van der Waals surface area contributed by atoms with Crippen LogP contribution < -0.4 is 5.32 Å². The smallest absolute Gasteiger partial charge is 0.244 e. The Labute approximate surface area is 211 Å². The van der Waals surface area contributed by atoms with E-state index < -0.39 is 10.0 Å². The Balaban J connectivity index is 1.92. The minimum Gasteiger partial charge on any atom is -0.348 e. The topological polar surface area (TPSA) is 66.5 Å². The zero-order chi connectivity index (χ0) is 25.0. The van der Waals surface area contributed by atoms with Gasteiger partial charge in [-0.15, -0.1) is 0 Å². The normalized spacial score (nSPS) is 12.6. The van der Waals surface area contributed by atoms with Gasteiger partial charge in [-0.1, -0.05) is 75.6 Å². The van der Waals surface area contributed by atoms with Crippen LogP contribution in [0.5, 0.6) is 0 Å². The molecule has 0 fully saturated rings. The molecule has 1 N–H and O–H groups in total. The van der Waals surface area contributed by atoms with Crippen LogP contribution >= 0.6 is 15.9 Å². The van der Waals surface area contributed by atoms with E-state index in [4.69, 9.17) is 0 Å². The number of hydrogen-bond acceptors (Lipinski definition) is 3. The van der Waals surface area contributed by atoms with Crippen LogP contribution in [0.25, 0.3) is 0 Å². The van der Waals surface area contributed by atoms with Crippen LogP contribution in [0.15, 0.2) is 70.0 Å². The van der Waals surface area contributed by atoms with Gasteiger partial charge < -0.3 is 5.32 Å². The fourth-order valence-electron chi connectivity index (χ4n) is 4.13. The Morgan fingerprint density at radius 3 is 2.15 bits per heavy atom. The van der Waals surface area contributed by atoms with E-state index in [1.807, 2.05) is 81.4 Å². The lowest BCUT2D eigenvalue weighted by Crippen LogP contribution is -2.41. The molecule has 0 heterocycles. The Hall–Kier alpha value is -2.48. The lowest BCUT2D eigenvalue weighted by atomic mass is 10.1. The maximum Gasteiger partial charge on any atom is 0.244 e. The molecule has 34 heavy (non-hydrogen) atoms. The summed E-state index contributed by atoms with van der Waals surface area (Å²) in [6.07, 6.45) is 0. The van der Waals surface area contributed by atoms with Gasteiger partial charge in [0.25, 0.3) is 0 Å². The van der Waals surface area contributed by atoms with E-state index in [1.165, 1.54) is 4.31 Å². The first-order valence-corrected chi connectivity index (χ1v) is 13.4. The molecular formula is C27H31BrN2O3S. The minimum absolute atomic E-state index is 0.105. The summed E-state index contributed by atoms with van der Waals surface area (Å²) in [7, 11) is -3.92. The number of carbonyl (C=O) groups is 1. The predicted molar refractivity (Wildman–Crippen MR) is 140 cm³/mol. The molecule has 0 saturated carbocycles. The van der Waals surface area contributed by atoms with Crippen molar-refractivity contribution in [3.8, 4) is 0 Å². The van der Waals surface area contributed by atoms with Crippen LogP contribution in [-0.4, -0.2) is 25.2 Å². The first-order chi connectivity index (χ1) is 16.0. The number of carbonyl (C=O) groups excluding carboxylic acids is 1. The van der Waals surface area contributed by atoms with E-state index in [1.54, 1.807) is 13.8 Å². The molecule has 3 aromatic rings. The maximum atomic E-state index is 13.8. The fraction of sp³-hybridized carbons (Fsp3) is 0.296. The molecule has 0 spiro atoms. The second-order valence-electron chi connectivity index (χ2n) is 8.83. The SMILES string of the molecule is Cc1ccc(CN(CC(=O)N[C@H](C)c2cccc(Br)c2)S(=O)(=O)c2c(C)cc(C)cc2C)cc1. The molecule has 0 aromatic heterocycles. The van der Waals surface area contributed by atoms with Crippen molar-refractivity contribution in [3.05, 3.63) is 98.5 Å². The number of benzene rings is 3. The van der Waals surface area contributed by atoms with Gasteiger partial charge in [0, 0.05) is 11.0 Å². The molecule has 0 aliphatic heterocycles. The number of nitrogens with zero attached hydrogens (tertiary/aromatic N) is 1. The summed E-state index contributed by atoms with van der Waals surface area (Å²) in [6, 6.07) is 18.8. The van der Waals surface area contributed by atoms with E-state index in [0.717, 1.165) is 26.7 Å². The van der Waals surface area contributed by atoms with Crippen molar-refractivity contribution < 1.29 is 13.2 Å². The summed E-state index contributed by atoms with van der Waals surface area (Å²) in [5.74, 6) is -0.356. The van der Waals surface area contributed by atoms with Gasteiger partial charge in [0.05, 0.1) is 17.5 Å². The third-order valence-electron chi connectivity index (χ3n) is 5.73. The molecule has 3 rings (SSSR count). The Morgan fingerprint density at radius 1 is 0.941 bits per heavy atom. The molecule has 7 heteroatoms. The standard InChI is InChI=1S/C27H31BrN2O3S/c1-18-9-11-23(12-10-18)16-30(34(32,33)27-20(3)13-19(2)14-21(27)4)17-26(31)29-22(5)24-7-6-8-25(28)15-24/h6-15,22H,16-17H2,1-5H3,(H,29,31)/t22-/m1/s1. The van der Waals surface area contributed by atoms with Gasteiger partial charge in [-0.2, -0.15) is 4.31 Å². The average molecular weight is 544 g/mol. The van der Waals surface area contributed by atoms with Crippen molar-refractivity contribution in [3.63, 3.8) is 0 Å². The highest BCUT2D eigenvalue weighted by molar-refractivity contribution is 9.10. The second kappa shape index (κ2) is 10.8. The first-order valence-electron chi connectivity index (χ1n) is 11.2. The summed E-state index contributed by atoms with van der Waals surface area (Å²) in [5, 5.41) is 2.94. The first kappa shape index (κ1) is 26.1. The molecule has 3 aromatic carbocycles. The number of sulfonamides is 1. The summed E-state index contributed by atoms with van der Waals surface area (Å²) < 4.78 is 29.9. The third kappa shape index (κ3) is 6.34. The highest BCUT2D eigenvalue weighted by Crippen LogP contribution is 2.27. The molecule has 180 valence electrons. The minimum atomic E-state index is -3.92. The number of nitrogens with one attached hydrogen (secondary N) is 1. The molecule has 0 bridgehead atoms. The number of rotatable bonds is 8. The van der Waals surface area contributed by atoms with Crippen molar-refractivity contribution in [1.29, 1.82) is 0 Å². The number of amides is 1. The number of halogens is 1. The molecule has 5 nitrogen and oxygen atoms in total. The van der Waals surface area contributed by atoms with Gasteiger partial charge in [0.15, 0.2) is 0 Å². The van der Waals surface area contributed by atoms with E-state index in [-0.39, 0.29) is 29.9 Å². The van der Waals surface area contributed by atoms with Crippen LogP contribution in [0.2, 0.25) is 0 Å². The van der Waals surface area contributed by atoms with Crippen molar-refractivity contribution in [2.45, 2.75) is 52.1 Å². The zero-order valence-corrected chi connectivity index (χ0v) is 22.6. The van der Waals surface area contributed by atoms with Crippen LogP contribution in [0.3, 0.4) is 0 Å². The molecule has 1 atom stereocenters. The van der Waals surface area contributed by atoms with Crippen molar-refractivity contribution >= 4 is 31.9 Å². The van der Waals surface area contributed by atoms with Crippen LogP contribution in [0.1, 0.15) is 46.3 Å². The van der Waals surface area contributed by atoms with Gasteiger partial charge in [-0.05, 0) is 69.0 Å². The Morgan fingerprint density at radius 2 is 1.56 bits per heavy atom. The predicted octanol–water partition coefficient (Wildman–Crippen LogP) is 5.75. The highest BCUT2D eigenvalue weighted by Gasteiger charge is 2.30. The van der Waals surface area contributed by atoms with Gasteiger partial charge >= 0.3 is 0 Å². The largest absolute Gasteiger partial charge is 0.348 e. The van der Waals surface area contributed by atoms with Crippen LogP contribution in [-0.2, 0) is 21.4 Å². The van der Waals surface area contributed by atoms with E-state index in [0.29, 0.717) is 11.1 Å². The zero-order valence-electron chi connectivity index (χ0n) is 20.2. The highest BCUT2D eigenvalue weighted by atomic mass is 79.9. The molecular weight excluding hydrogens is 512 g/mol. The summed E-state index contributed by atoms with van der Waals surface area (Å²) >= 11 is 3.45. The van der Waals surface area contributed by atoms with E-state index in [2.05, 4.69) is 21.2 Å². The summed E-state index contributed by atoms with van der Waals surface area (Å²) in [5.41, 5.74) is 5.19. The molecule has 0 unspecified atom stereocenters. The van der Waals surface area contributed by atoms with Crippen molar-refractivity contribution in [1.82, 2.24) is 9.62 Å². The van der Waals surface area contributed by atoms with Crippen molar-refractivity contribution in [2.24, 2.45) is 0 Å². The van der Waals surface area contributed by atoms with Gasteiger partial charge in [0.2, 0.25) is 15.9 Å². The monoisotopic (exact) mass is 542 g/mol. The summed E-state index contributed by atoms with van der Waals surface area (Å²) in [4.78, 5) is 13.3. The second-order valence-corrected chi connectivity index (χ2v) is 11.6. The van der Waals surface area contributed by atoms with E-state index in [9.17, 15) is 13.2 Å². The molecule has 0 radical (unpaired) electrons. The van der Waals surface area contributed by atoms with E-state index >= 15 is 0 Å². The van der Waals surface area contributed by atoms with Gasteiger partial charge in [-0.3, -0.25) is 4.79 Å². The van der Waals surface area contributed by atoms with Gasteiger partial charge in [-0.25, -0.2) is 8.42 Å². The molecule has 0 aliphatic rings. The maximum absolute atomic E-state index is 13.8. The van der Waals surface area contributed by atoms with Crippen LogP contribution in [0, 0.1) is 27.7 Å². The average Bonchev–Trinajstić information content (AvgIpc) is 2.73. The Kier molecular flexibility index (Phi) is 8.34. The Bertz CT molecular complexity index is 1260. The lowest BCUT2D eigenvalue weighted by molar-refractivity contribution is -0.122. The number of aryl methyl sites for hydroxylation is 4. The number of hydrogen-bond donors (Lipinski definition) is 1. The quantitative estimate of drug-likeness (QED) is 0.394. The molecule has 1 amide bonds. The van der Waals surface area contributed by atoms with Crippen molar-refractivity contribution in [2.75, 3.05) is 6.54 Å². The molecule has 0 aliphatic carbocycles. The van der Waals surface area contributed by atoms with Crippen LogP contribution in [0.4, 0.5) is 0 Å². The summed E-state index contributed by atoms with van der Waals surface area (Å²) in [6.45, 7) is 9.23. The lowest BCUT2D eigenvalue weighted by Gasteiger charge is -2.25. The molecule has 0 saturated heterocycles. The van der Waals surface area contributed by atoms with Gasteiger partial charge in [0.1, 0.15) is 0 Å². The fourth-order valence-corrected chi connectivity index (χ4v) is 6.35. The third-order valence-corrected chi connectivity index (χ3v) is 8.32.